The molecule has 1 aliphatic rings. The highest BCUT2D eigenvalue weighted by atomic mass is 16.7. The quantitative estimate of drug-likeness (QED) is 0.648. The molecule has 25 heavy (non-hydrogen) atoms. The minimum Gasteiger partial charge on any atom is -0.454 e. The van der Waals surface area contributed by atoms with Gasteiger partial charge < -0.3 is 20.1 Å². The molecule has 2 aromatic carbocycles. The van der Waals surface area contributed by atoms with E-state index in [1.54, 1.807) is 6.07 Å². The predicted molar refractivity (Wildman–Crippen MR) is 92.9 cm³/mol. The third-order valence-corrected chi connectivity index (χ3v) is 3.77. The molecule has 0 atom stereocenters. The van der Waals surface area contributed by atoms with Gasteiger partial charge in [0.25, 0.3) is 5.91 Å². The van der Waals surface area contributed by atoms with Gasteiger partial charge >= 0.3 is 0 Å². The maximum Gasteiger partial charge on any atom is 0.263 e. The Morgan fingerprint density at radius 3 is 2.84 bits per heavy atom. The number of para-hydroxylation sites is 1. The molecule has 0 saturated heterocycles. The van der Waals surface area contributed by atoms with Gasteiger partial charge in [0.2, 0.25) is 6.79 Å². The highest BCUT2D eigenvalue weighted by Crippen LogP contribution is 2.32. The first-order chi connectivity index (χ1) is 12.2. The zero-order valence-electron chi connectivity index (χ0n) is 13.7. The van der Waals surface area contributed by atoms with Crippen LogP contribution in [0.25, 0.3) is 0 Å². The Morgan fingerprint density at radius 2 is 2.04 bits per heavy atom. The second-order valence-electron chi connectivity index (χ2n) is 5.50. The third kappa shape index (κ3) is 3.90. The number of nitrogens with one attached hydrogen (secondary N) is 2. The van der Waals surface area contributed by atoms with Crippen molar-refractivity contribution < 1.29 is 14.3 Å². The number of amides is 1. The van der Waals surface area contributed by atoms with Crippen LogP contribution in [0.4, 0.5) is 5.69 Å². The average Bonchev–Trinajstić information content (AvgIpc) is 3.09. The molecule has 1 amide bonds. The summed E-state index contributed by atoms with van der Waals surface area (Å²) in [6, 6.07) is 15.0. The Kier molecular flexibility index (Phi) is 4.86. The minimum absolute atomic E-state index is 0.00370. The van der Waals surface area contributed by atoms with Gasteiger partial charge in [0.15, 0.2) is 11.5 Å². The summed E-state index contributed by atoms with van der Waals surface area (Å²) in [6.45, 7) is 2.44. The molecule has 126 valence electrons. The Balaban J connectivity index is 1.62. The van der Waals surface area contributed by atoms with E-state index >= 15 is 0 Å². The number of hydrogen-bond acceptors (Lipinski definition) is 5. The Morgan fingerprint density at radius 1 is 1.24 bits per heavy atom. The van der Waals surface area contributed by atoms with Crippen molar-refractivity contribution in [2.24, 2.45) is 0 Å². The van der Waals surface area contributed by atoms with Gasteiger partial charge in [-0.3, -0.25) is 4.79 Å². The van der Waals surface area contributed by atoms with Crippen LogP contribution >= 0.6 is 0 Å². The van der Waals surface area contributed by atoms with Crippen LogP contribution in [0.15, 0.2) is 54.2 Å². The van der Waals surface area contributed by atoms with Gasteiger partial charge in [-0.25, -0.2) is 0 Å². The highest BCUT2D eigenvalue weighted by molar-refractivity contribution is 5.97. The van der Waals surface area contributed by atoms with Gasteiger partial charge in [0, 0.05) is 18.4 Å². The summed E-state index contributed by atoms with van der Waals surface area (Å²) in [5.74, 6) is 0.903. The lowest BCUT2D eigenvalue weighted by atomic mass is 10.2. The van der Waals surface area contributed by atoms with Gasteiger partial charge in [0.05, 0.1) is 0 Å². The Bertz CT molecular complexity index is 868. The van der Waals surface area contributed by atoms with Crippen molar-refractivity contribution >= 4 is 11.6 Å². The molecule has 0 unspecified atom stereocenters. The van der Waals surface area contributed by atoms with Crippen molar-refractivity contribution in [2.75, 3.05) is 12.1 Å². The fourth-order valence-electron chi connectivity index (χ4n) is 2.36. The monoisotopic (exact) mass is 335 g/mol. The van der Waals surface area contributed by atoms with E-state index in [0.717, 1.165) is 16.8 Å². The van der Waals surface area contributed by atoms with Crippen LogP contribution in [0.1, 0.15) is 11.1 Å². The van der Waals surface area contributed by atoms with Crippen LogP contribution in [-0.4, -0.2) is 12.7 Å². The molecule has 6 nitrogen and oxygen atoms in total. The van der Waals surface area contributed by atoms with Crippen LogP contribution in [0.2, 0.25) is 0 Å². The first-order valence-electron chi connectivity index (χ1n) is 7.76. The van der Waals surface area contributed by atoms with E-state index < -0.39 is 5.91 Å². The second kappa shape index (κ2) is 7.41. The summed E-state index contributed by atoms with van der Waals surface area (Å²) >= 11 is 0. The molecule has 0 aliphatic carbocycles. The van der Waals surface area contributed by atoms with Gasteiger partial charge in [-0.2, -0.15) is 5.26 Å². The number of carbonyl (C=O) groups is 1. The average molecular weight is 335 g/mol. The van der Waals surface area contributed by atoms with E-state index in [1.165, 1.54) is 6.20 Å². The number of rotatable bonds is 5. The molecule has 6 heteroatoms. The Hall–Kier alpha value is -3.46. The van der Waals surface area contributed by atoms with E-state index in [-0.39, 0.29) is 12.4 Å². The largest absolute Gasteiger partial charge is 0.454 e. The summed E-state index contributed by atoms with van der Waals surface area (Å²) in [6.07, 6.45) is 1.41. The van der Waals surface area contributed by atoms with Gasteiger partial charge in [-0.1, -0.05) is 24.3 Å². The molecule has 2 aromatic rings. The molecule has 0 aromatic heterocycles. The van der Waals surface area contributed by atoms with Gasteiger partial charge in [0.1, 0.15) is 11.6 Å². The zero-order valence-corrected chi connectivity index (χ0v) is 13.7. The molecular formula is C19H17N3O3. The lowest BCUT2D eigenvalue weighted by Gasteiger charge is -2.07. The van der Waals surface area contributed by atoms with E-state index in [4.69, 9.17) is 9.47 Å². The first-order valence-corrected chi connectivity index (χ1v) is 7.76. The molecule has 3 rings (SSSR count). The van der Waals surface area contributed by atoms with E-state index in [9.17, 15) is 10.1 Å². The zero-order chi connectivity index (χ0) is 17.6. The lowest BCUT2D eigenvalue weighted by molar-refractivity contribution is -0.117. The van der Waals surface area contributed by atoms with Crippen molar-refractivity contribution in [1.29, 1.82) is 5.26 Å². The van der Waals surface area contributed by atoms with Crippen molar-refractivity contribution in [3.05, 3.63) is 65.4 Å². The predicted octanol–water partition coefficient (Wildman–Crippen LogP) is 2.86. The van der Waals surface area contributed by atoms with Crippen molar-refractivity contribution in [3.8, 4) is 17.6 Å². The number of aryl methyl sites for hydroxylation is 1. The maximum absolute atomic E-state index is 12.2. The van der Waals surface area contributed by atoms with Crippen molar-refractivity contribution in [1.82, 2.24) is 5.32 Å². The second-order valence-corrected chi connectivity index (χ2v) is 5.50. The highest BCUT2D eigenvalue weighted by Gasteiger charge is 2.14. The van der Waals surface area contributed by atoms with E-state index in [1.807, 2.05) is 49.4 Å². The fourth-order valence-corrected chi connectivity index (χ4v) is 2.36. The van der Waals surface area contributed by atoms with E-state index in [0.29, 0.717) is 18.0 Å². The van der Waals surface area contributed by atoms with Crippen LogP contribution < -0.4 is 20.1 Å². The number of carbonyl (C=O) groups excluding carboxylic acids is 1. The van der Waals surface area contributed by atoms with Crippen LogP contribution in [0.5, 0.6) is 11.5 Å². The molecule has 0 radical (unpaired) electrons. The fraction of sp³-hybridized carbons (Fsp3) is 0.158. The lowest BCUT2D eigenvalue weighted by Crippen LogP contribution is -2.24. The Labute approximate surface area is 145 Å². The molecule has 0 spiro atoms. The number of nitrogens with zero attached hydrogens (tertiary/aromatic N) is 1. The molecule has 0 fully saturated rings. The normalized spacial score (nSPS) is 12.4. The molecule has 1 aliphatic heterocycles. The topological polar surface area (TPSA) is 83.4 Å². The summed E-state index contributed by atoms with van der Waals surface area (Å²) in [5, 5.41) is 14.9. The van der Waals surface area contributed by atoms with E-state index in [2.05, 4.69) is 10.6 Å². The minimum atomic E-state index is -0.443. The summed E-state index contributed by atoms with van der Waals surface area (Å²) < 4.78 is 10.6. The molecule has 0 saturated carbocycles. The molecular weight excluding hydrogens is 318 g/mol. The third-order valence-electron chi connectivity index (χ3n) is 3.77. The van der Waals surface area contributed by atoms with Crippen molar-refractivity contribution in [2.45, 2.75) is 13.5 Å². The van der Waals surface area contributed by atoms with Crippen molar-refractivity contribution in [3.63, 3.8) is 0 Å². The number of fused-ring (bicyclic) bond motifs is 1. The van der Waals surface area contributed by atoms with Crippen LogP contribution in [0, 0.1) is 18.3 Å². The molecule has 1 heterocycles. The maximum atomic E-state index is 12.2. The standard InChI is InChI=1S/C19H17N3O3/c1-13-4-2-3-5-16(13)21-11-15(9-20)19(23)22-10-14-6-7-17-18(8-14)25-12-24-17/h2-8,11,21H,10,12H2,1H3,(H,22,23)/b15-11-. The van der Waals surface area contributed by atoms with Crippen LogP contribution in [0.3, 0.4) is 0 Å². The van der Waals surface area contributed by atoms with Gasteiger partial charge in [-0.15, -0.1) is 0 Å². The molecule has 0 bridgehead atoms. The number of ether oxygens (including phenoxy) is 2. The number of benzene rings is 2. The van der Waals surface area contributed by atoms with Gasteiger partial charge in [-0.05, 0) is 36.2 Å². The first kappa shape index (κ1) is 16.4. The summed E-state index contributed by atoms with van der Waals surface area (Å²) in [4.78, 5) is 12.2. The smallest absolute Gasteiger partial charge is 0.263 e. The number of anilines is 1. The number of nitriles is 1. The van der Waals surface area contributed by atoms with Crippen LogP contribution in [-0.2, 0) is 11.3 Å². The number of hydrogen-bond donors (Lipinski definition) is 2. The summed E-state index contributed by atoms with van der Waals surface area (Å²) in [5.41, 5.74) is 2.74. The summed E-state index contributed by atoms with van der Waals surface area (Å²) in [7, 11) is 0. The SMILES string of the molecule is Cc1ccccc1N/C=C(/C#N)C(=O)NCc1ccc2c(c1)OCO2. The molecule has 2 N–H and O–H groups in total.